The second kappa shape index (κ2) is 8.41. The Kier molecular flexibility index (Phi) is 5.67. The van der Waals surface area contributed by atoms with Gasteiger partial charge in [0.05, 0.1) is 5.92 Å². The van der Waals surface area contributed by atoms with Gasteiger partial charge in [-0.05, 0) is 41.5 Å². The molecule has 4 rings (SSSR count). The molecule has 1 saturated carbocycles. The molecule has 1 fully saturated rings. The quantitative estimate of drug-likeness (QED) is 0.635. The predicted molar refractivity (Wildman–Crippen MR) is 115 cm³/mol. The van der Waals surface area contributed by atoms with E-state index < -0.39 is 23.5 Å². The van der Waals surface area contributed by atoms with Gasteiger partial charge >= 0.3 is 12.1 Å². The van der Waals surface area contributed by atoms with Crippen LogP contribution in [0.2, 0.25) is 0 Å². The van der Waals surface area contributed by atoms with Crippen molar-refractivity contribution in [3.05, 3.63) is 59.7 Å². The number of carboxylic acid groups (broad SMARTS) is 1. The number of alkyl carbamates (subject to hydrolysis) is 1. The maximum Gasteiger partial charge on any atom is 0.407 e. The third-order valence-electron chi connectivity index (χ3n) is 6.32. The van der Waals surface area contributed by atoms with Crippen molar-refractivity contribution in [2.45, 2.75) is 37.6 Å². The molecule has 0 radical (unpaired) electrons. The largest absolute Gasteiger partial charge is 0.480 e. The summed E-state index contributed by atoms with van der Waals surface area (Å²) >= 11 is 0. The molecule has 0 aromatic heterocycles. The van der Waals surface area contributed by atoms with Crippen molar-refractivity contribution in [1.29, 1.82) is 0 Å². The van der Waals surface area contributed by atoms with Crippen LogP contribution in [0.3, 0.4) is 0 Å². The fourth-order valence-corrected chi connectivity index (χ4v) is 4.26. The number of nitrogens with one attached hydrogen (secondary N) is 2. The Morgan fingerprint density at radius 1 is 1.06 bits per heavy atom. The number of carbonyl (C=O) groups excluding carboxylic acids is 2. The molecule has 2 aromatic rings. The van der Waals surface area contributed by atoms with Crippen LogP contribution in [0.4, 0.5) is 4.79 Å². The number of carbonyl (C=O) groups is 3. The summed E-state index contributed by atoms with van der Waals surface area (Å²) in [4.78, 5) is 36.0. The molecule has 1 atom stereocenters. The third kappa shape index (κ3) is 4.00. The molecule has 0 spiro atoms. The van der Waals surface area contributed by atoms with Gasteiger partial charge in [-0.15, -0.1) is 0 Å². The standard InChI is InChI=1S/C24H26N2O5/c1-15(21(27)26-24(22(28)29)11-6-12-24)13-25-23(30)31-14-20-18-9-4-2-7-16(18)17-8-3-5-10-19(17)20/h2-5,7-10,15,20H,6,11-14H2,1H3,(H,25,30)(H,26,27)(H,28,29). The fraction of sp³-hybridized carbons (Fsp3) is 0.375. The van der Waals surface area contributed by atoms with E-state index in [2.05, 4.69) is 22.8 Å². The Balaban J connectivity index is 1.30. The van der Waals surface area contributed by atoms with Crippen molar-refractivity contribution in [2.75, 3.05) is 13.2 Å². The molecule has 2 aliphatic rings. The maximum atomic E-state index is 12.3. The average molecular weight is 422 g/mol. The number of hydrogen-bond donors (Lipinski definition) is 3. The van der Waals surface area contributed by atoms with E-state index in [1.165, 1.54) is 0 Å². The van der Waals surface area contributed by atoms with E-state index in [1.807, 2.05) is 36.4 Å². The molecule has 0 heterocycles. The molecule has 2 amide bonds. The van der Waals surface area contributed by atoms with Gasteiger partial charge in [0.15, 0.2) is 0 Å². The zero-order valence-electron chi connectivity index (χ0n) is 17.4. The summed E-state index contributed by atoms with van der Waals surface area (Å²) in [5.74, 6) is -2.00. The first-order valence-electron chi connectivity index (χ1n) is 10.6. The van der Waals surface area contributed by atoms with Crippen LogP contribution in [-0.4, -0.2) is 41.8 Å². The van der Waals surface area contributed by atoms with Crippen LogP contribution in [0.25, 0.3) is 11.1 Å². The van der Waals surface area contributed by atoms with Gasteiger partial charge in [0.1, 0.15) is 12.1 Å². The molecule has 0 aliphatic heterocycles. The molecule has 0 bridgehead atoms. The lowest BCUT2D eigenvalue weighted by Gasteiger charge is -2.38. The molecule has 2 aliphatic carbocycles. The Morgan fingerprint density at radius 2 is 1.65 bits per heavy atom. The topological polar surface area (TPSA) is 105 Å². The number of amides is 2. The van der Waals surface area contributed by atoms with Crippen molar-refractivity contribution in [2.24, 2.45) is 5.92 Å². The van der Waals surface area contributed by atoms with Crippen molar-refractivity contribution in [3.8, 4) is 11.1 Å². The van der Waals surface area contributed by atoms with Crippen LogP contribution in [0.15, 0.2) is 48.5 Å². The first kappa shape index (κ1) is 20.9. The summed E-state index contributed by atoms with van der Waals surface area (Å²) in [6.45, 7) is 1.91. The monoisotopic (exact) mass is 422 g/mol. The Bertz CT molecular complexity index is 969. The summed E-state index contributed by atoms with van der Waals surface area (Å²) in [5.41, 5.74) is 3.41. The number of ether oxygens (including phenoxy) is 1. The SMILES string of the molecule is CC(CNC(=O)OCC1c2ccccc2-c2ccccc21)C(=O)NC1(C(=O)O)CCC1. The van der Waals surface area contributed by atoms with E-state index in [4.69, 9.17) is 4.74 Å². The lowest BCUT2D eigenvalue weighted by molar-refractivity contribution is -0.152. The highest BCUT2D eigenvalue weighted by Crippen LogP contribution is 2.44. The van der Waals surface area contributed by atoms with Crippen molar-refractivity contribution >= 4 is 18.0 Å². The normalized spacial score (nSPS) is 16.9. The van der Waals surface area contributed by atoms with Gasteiger partial charge in [0.2, 0.25) is 5.91 Å². The average Bonchev–Trinajstić information content (AvgIpc) is 3.06. The van der Waals surface area contributed by atoms with E-state index in [9.17, 15) is 19.5 Å². The van der Waals surface area contributed by atoms with E-state index >= 15 is 0 Å². The summed E-state index contributed by atoms with van der Waals surface area (Å²) < 4.78 is 5.47. The third-order valence-corrected chi connectivity index (χ3v) is 6.32. The molecule has 3 N–H and O–H groups in total. The molecule has 162 valence electrons. The summed E-state index contributed by atoms with van der Waals surface area (Å²) in [5, 5.41) is 14.6. The van der Waals surface area contributed by atoms with Gasteiger partial charge in [-0.2, -0.15) is 0 Å². The Hall–Kier alpha value is -3.35. The van der Waals surface area contributed by atoms with E-state index in [0.29, 0.717) is 12.8 Å². The summed E-state index contributed by atoms with van der Waals surface area (Å²) in [6, 6.07) is 16.2. The van der Waals surface area contributed by atoms with Crippen LogP contribution >= 0.6 is 0 Å². The second-order valence-electron chi connectivity index (χ2n) is 8.34. The second-order valence-corrected chi connectivity index (χ2v) is 8.34. The number of benzene rings is 2. The van der Waals surface area contributed by atoms with Gasteiger partial charge in [-0.1, -0.05) is 55.5 Å². The first-order chi connectivity index (χ1) is 14.9. The molecule has 0 saturated heterocycles. The van der Waals surface area contributed by atoms with E-state index in [-0.39, 0.29) is 25.0 Å². The highest BCUT2D eigenvalue weighted by atomic mass is 16.5. The zero-order valence-corrected chi connectivity index (χ0v) is 17.4. The molecule has 2 aromatic carbocycles. The van der Waals surface area contributed by atoms with Gasteiger partial charge in [-0.25, -0.2) is 9.59 Å². The predicted octanol–water partition coefficient (Wildman–Crippen LogP) is 3.28. The van der Waals surface area contributed by atoms with Crippen molar-refractivity contribution in [3.63, 3.8) is 0 Å². The molecule has 7 nitrogen and oxygen atoms in total. The van der Waals surface area contributed by atoms with E-state index in [0.717, 1.165) is 28.7 Å². The van der Waals surface area contributed by atoms with Gasteiger partial charge in [-0.3, -0.25) is 4.79 Å². The number of aliphatic carboxylic acids is 1. The Morgan fingerprint density at radius 3 is 2.16 bits per heavy atom. The van der Waals surface area contributed by atoms with Crippen LogP contribution in [0.5, 0.6) is 0 Å². The number of rotatable bonds is 7. The number of carboxylic acids is 1. The first-order valence-corrected chi connectivity index (χ1v) is 10.6. The smallest absolute Gasteiger partial charge is 0.407 e. The van der Waals surface area contributed by atoms with Crippen LogP contribution in [0, 0.1) is 5.92 Å². The lowest BCUT2D eigenvalue weighted by Crippen LogP contribution is -2.60. The summed E-state index contributed by atoms with van der Waals surface area (Å²) in [6.07, 6.45) is 1.04. The minimum atomic E-state index is -1.16. The minimum Gasteiger partial charge on any atom is -0.480 e. The van der Waals surface area contributed by atoms with Crippen molar-refractivity contribution in [1.82, 2.24) is 10.6 Å². The fourth-order valence-electron chi connectivity index (χ4n) is 4.26. The van der Waals surface area contributed by atoms with Gasteiger partial charge in [0.25, 0.3) is 0 Å². The molecule has 31 heavy (non-hydrogen) atoms. The summed E-state index contributed by atoms with van der Waals surface area (Å²) in [7, 11) is 0. The highest BCUT2D eigenvalue weighted by Gasteiger charge is 2.46. The van der Waals surface area contributed by atoms with E-state index in [1.54, 1.807) is 6.92 Å². The molecular weight excluding hydrogens is 396 g/mol. The Labute approximate surface area is 180 Å². The maximum absolute atomic E-state index is 12.3. The van der Waals surface area contributed by atoms with Crippen molar-refractivity contribution < 1.29 is 24.2 Å². The van der Waals surface area contributed by atoms with Gasteiger partial charge < -0.3 is 20.5 Å². The van der Waals surface area contributed by atoms with Gasteiger partial charge in [0, 0.05) is 12.5 Å². The van der Waals surface area contributed by atoms with Crippen LogP contribution < -0.4 is 10.6 Å². The molecule has 7 heteroatoms. The number of fused-ring (bicyclic) bond motifs is 3. The van der Waals surface area contributed by atoms with Crippen LogP contribution in [-0.2, 0) is 14.3 Å². The molecular formula is C24H26N2O5. The zero-order chi connectivity index (χ0) is 22.0. The highest BCUT2D eigenvalue weighted by molar-refractivity contribution is 5.89. The number of hydrogen-bond acceptors (Lipinski definition) is 4. The van der Waals surface area contributed by atoms with Crippen LogP contribution in [0.1, 0.15) is 43.2 Å². The minimum absolute atomic E-state index is 0.0343. The lowest BCUT2D eigenvalue weighted by atomic mass is 9.76. The molecule has 1 unspecified atom stereocenters.